The van der Waals surface area contributed by atoms with Gasteiger partial charge >= 0.3 is 0 Å². The molecule has 3 heteroatoms. The normalized spacial score (nSPS) is 10.8. The van der Waals surface area contributed by atoms with Crippen molar-refractivity contribution in [2.24, 2.45) is 0 Å². The number of likely N-dealkylation sites (N-methyl/N-ethyl adjacent to an activating group) is 1. The standard InChI is InChI=1S/C17H25NO2/c1-4-7-14-20-16-11-9-8-10-15(16)12-13-17(19)18(5-2)6-3/h8-13H,4-7,14H2,1-3H3/b13-12+. The molecule has 1 aromatic rings. The van der Waals surface area contributed by atoms with Crippen LogP contribution >= 0.6 is 0 Å². The highest BCUT2D eigenvalue weighted by atomic mass is 16.5. The molecule has 1 rings (SSSR count). The molecular formula is C17H25NO2. The second kappa shape index (κ2) is 9.18. The van der Waals surface area contributed by atoms with E-state index >= 15 is 0 Å². The molecule has 0 N–H and O–H groups in total. The highest BCUT2D eigenvalue weighted by Crippen LogP contribution is 2.19. The molecule has 110 valence electrons. The summed E-state index contributed by atoms with van der Waals surface area (Å²) in [6, 6.07) is 7.81. The molecule has 0 spiro atoms. The van der Waals surface area contributed by atoms with Crippen molar-refractivity contribution in [3.05, 3.63) is 35.9 Å². The van der Waals surface area contributed by atoms with Gasteiger partial charge in [0.1, 0.15) is 5.75 Å². The van der Waals surface area contributed by atoms with Gasteiger partial charge < -0.3 is 9.64 Å². The predicted molar refractivity (Wildman–Crippen MR) is 83.8 cm³/mol. The fourth-order valence-electron chi connectivity index (χ4n) is 1.88. The summed E-state index contributed by atoms with van der Waals surface area (Å²) in [5.41, 5.74) is 0.948. The van der Waals surface area contributed by atoms with E-state index in [4.69, 9.17) is 4.74 Å². The average Bonchev–Trinajstić information content (AvgIpc) is 2.48. The molecule has 1 amide bonds. The van der Waals surface area contributed by atoms with Gasteiger partial charge in [-0.25, -0.2) is 0 Å². The number of ether oxygens (including phenoxy) is 1. The van der Waals surface area contributed by atoms with Gasteiger partial charge in [-0.3, -0.25) is 4.79 Å². The van der Waals surface area contributed by atoms with Crippen LogP contribution in [0.15, 0.2) is 30.3 Å². The third-order valence-electron chi connectivity index (χ3n) is 3.16. The number of nitrogens with zero attached hydrogens (tertiary/aromatic N) is 1. The molecular weight excluding hydrogens is 250 g/mol. The maximum atomic E-state index is 11.9. The summed E-state index contributed by atoms with van der Waals surface area (Å²) in [5.74, 6) is 0.878. The molecule has 0 aliphatic carbocycles. The van der Waals surface area contributed by atoms with Crippen molar-refractivity contribution >= 4 is 12.0 Å². The number of benzene rings is 1. The number of para-hydroxylation sites is 1. The van der Waals surface area contributed by atoms with Crippen LogP contribution in [0.1, 0.15) is 39.2 Å². The summed E-state index contributed by atoms with van der Waals surface area (Å²) in [5, 5.41) is 0. The smallest absolute Gasteiger partial charge is 0.246 e. The Kier molecular flexibility index (Phi) is 7.48. The minimum Gasteiger partial charge on any atom is -0.493 e. The highest BCUT2D eigenvalue weighted by Gasteiger charge is 2.05. The molecule has 0 atom stereocenters. The molecule has 0 radical (unpaired) electrons. The zero-order valence-corrected chi connectivity index (χ0v) is 12.8. The average molecular weight is 275 g/mol. The number of hydrogen-bond acceptors (Lipinski definition) is 2. The fraction of sp³-hybridized carbons (Fsp3) is 0.471. The lowest BCUT2D eigenvalue weighted by Crippen LogP contribution is -2.28. The molecule has 0 aliphatic heterocycles. The lowest BCUT2D eigenvalue weighted by Gasteiger charge is -2.16. The van der Waals surface area contributed by atoms with Crippen LogP contribution in [-0.4, -0.2) is 30.5 Å². The minimum absolute atomic E-state index is 0.0401. The predicted octanol–water partition coefficient (Wildman–Crippen LogP) is 3.75. The van der Waals surface area contributed by atoms with Crippen LogP contribution in [0, 0.1) is 0 Å². The number of carbonyl (C=O) groups is 1. The summed E-state index contributed by atoms with van der Waals surface area (Å²) in [7, 11) is 0. The van der Waals surface area contributed by atoms with Gasteiger partial charge in [0.15, 0.2) is 0 Å². The van der Waals surface area contributed by atoms with Crippen molar-refractivity contribution in [2.45, 2.75) is 33.6 Å². The quantitative estimate of drug-likeness (QED) is 0.534. The van der Waals surface area contributed by atoms with E-state index in [9.17, 15) is 4.79 Å². The van der Waals surface area contributed by atoms with Crippen LogP contribution in [0.4, 0.5) is 0 Å². The second-order valence-corrected chi connectivity index (χ2v) is 4.58. The number of hydrogen-bond donors (Lipinski definition) is 0. The summed E-state index contributed by atoms with van der Waals surface area (Å²) in [6.45, 7) is 8.28. The van der Waals surface area contributed by atoms with Crippen molar-refractivity contribution in [3.63, 3.8) is 0 Å². The summed E-state index contributed by atoms with van der Waals surface area (Å²) in [4.78, 5) is 13.7. The molecule has 1 aromatic carbocycles. The molecule has 0 bridgehead atoms. The first-order valence-corrected chi connectivity index (χ1v) is 7.41. The Bertz CT molecular complexity index is 436. The van der Waals surface area contributed by atoms with E-state index in [1.54, 1.807) is 11.0 Å². The van der Waals surface area contributed by atoms with Gasteiger partial charge in [0.2, 0.25) is 5.91 Å². The van der Waals surface area contributed by atoms with Gasteiger partial charge in [-0.1, -0.05) is 31.5 Å². The van der Waals surface area contributed by atoms with E-state index in [1.165, 1.54) is 0 Å². The van der Waals surface area contributed by atoms with E-state index in [-0.39, 0.29) is 5.91 Å². The van der Waals surface area contributed by atoms with Crippen molar-refractivity contribution in [3.8, 4) is 5.75 Å². The Morgan fingerprint density at radius 2 is 1.90 bits per heavy atom. The first-order chi connectivity index (χ1) is 9.72. The van der Waals surface area contributed by atoms with Gasteiger partial charge in [-0.2, -0.15) is 0 Å². The van der Waals surface area contributed by atoms with Crippen LogP contribution in [0.3, 0.4) is 0 Å². The largest absolute Gasteiger partial charge is 0.493 e. The molecule has 3 nitrogen and oxygen atoms in total. The van der Waals surface area contributed by atoms with Gasteiger partial charge in [-0.05, 0) is 32.4 Å². The SMILES string of the molecule is CCCCOc1ccccc1/C=C/C(=O)N(CC)CC. The van der Waals surface area contributed by atoms with Crippen LogP contribution in [-0.2, 0) is 4.79 Å². The summed E-state index contributed by atoms with van der Waals surface area (Å²) in [6.07, 6.45) is 5.60. The molecule has 20 heavy (non-hydrogen) atoms. The van der Waals surface area contributed by atoms with Gasteiger partial charge in [-0.15, -0.1) is 0 Å². The maximum absolute atomic E-state index is 11.9. The molecule has 0 aliphatic rings. The Morgan fingerprint density at radius 1 is 1.20 bits per heavy atom. The Labute approximate surface area is 122 Å². The van der Waals surface area contributed by atoms with Crippen LogP contribution in [0.25, 0.3) is 6.08 Å². The lowest BCUT2D eigenvalue weighted by molar-refractivity contribution is -0.125. The summed E-state index contributed by atoms with van der Waals surface area (Å²) < 4.78 is 5.75. The Hall–Kier alpha value is -1.77. The van der Waals surface area contributed by atoms with E-state index in [0.717, 1.165) is 37.2 Å². The number of unbranched alkanes of at least 4 members (excludes halogenated alkanes) is 1. The van der Waals surface area contributed by atoms with E-state index in [2.05, 4.69) is 6.92 Å². The second-order valence-electron chi connectivity index (χ2n) is 4.58. The number of amides is 1. The van der Waals surface area contributed by atoms with Crippen molar-refractivity contribution in [1.29, 1.82) is 0 Å². The monoisotopic (exact) mass is 275 g/mol. The topological polar surface area (TPSA) is 29.5 Å². The first-order valence-electron chi connectivity index (χ1n) is 7.41. The van der Waals surface area contributed by atoms with Gasteiger partial charge in [0.05, 0.1) is 6.61 Å². The fourth-order valence-corrected chi connectivity index (χ4v) is 1.88. The third-order valence-corrected chi connectivity index (χ3v) is 3.16. The zero-order valence-electron chi connectivity index (χ0n) is 12.8. The third kappa shape index (κ3) is 5.08. The van der Waals surface area contributed by atoms with Crippen LogP contribution < -0.4 is 4.74 Å². The zero-order chi connectivity index (χ0) is 14.8. The van der Waals surface area contributed by atoms with E-state index in [1.807, 2.05) is 44.2 Å². The van der Waals surface area contributed by atoms with Crippen LogP contribution in [0.2, 0.25) is 0 Å². The number of carbonyl (C=O) groups excluding carboxylic acids is 1. The molecule has 0 aromatic heterocycles. The van der Waals surface area contributed by atoms with E-state index in [0.29, 0.717) is 6.61 Å². The molecule has 0 saturated carbocycles. The minimum atomic E-state index is 0.0401. The Balaban J connectivity index is 2.73. The lowest BCUT2D eigenvalue weighted by atomic mass is 10.2. The summed E-state index contributed by atoms with van der Waals surface area (Å²) >= 11 is 0. The van der Waals surface area contributed by atoms with Crippen molar-refractivity contribution in [2.75, 3.05) is 19.7 Å². The van der Waals surface area contributed by atoms with Crippen molar-refractivity contribution in [1.82, 2.24) is 4.90 Å². The highest BCUT2D eigenvalue weighted by molar-refractivity contribution is 5.92. The van der Waals surface area contributed by atoms with Gasteiger partial charge in [0.25, 0.3) is 0 Å². The molecule has 0 saturated heterocycles. The van der Waals surface area contributed by atoms with E-state index < -0.39 is 0 Å². The van der Waals surface area contributed by atoms with Gasteiger partial charge in [0, 0.05) is 24.7 Å². The number of rotatable bonds is 8. The molecule has 0 heterocycles. The van der Waals surface area contributed by atoms with Crippen LogP contribution in [0.5, 0.6) is 5.75 Å². The molecule has 0 unspecified atom stereocenters. The Morgan fingerprint density at radius 3 is 2.55 bits per heavy atom. The maximum Gasteiger partial charge on any atom is 0.246 e. The first kappa shape index (κ1) is 16.3. The van der Waals surface area contributed by atoms with Crippen molar-refractivity contribution < 1.29 is 9.53 Å². The molecule has 0 fully saturated rings.